The van der Waals surface area contributed by atoms with Gasteiger partial charge in [0.15, 0.2) is 0 Å². The number of carboxylic acid groups (broad SMARTS) is 1. The molecule has 100 valence electrons. The van der Waals surface area contributed by atoms with E-state index in [-0.39, 0.29) is 6.42 Å². The molecule has 0 fully saturated rings. The number of rotatable bonds is 6. The summed E-state index contributed by atoms with van der Waals surface area (Å²) in [6, 6.07) is -2.33. The quantitative estimate of drug-likeness (QED) is 0.676. The first-order valence-electron chi connectivity index (χ1n) is 4.59. The molecule has 0 aromatic carbocycles. The first-order chi connectivity index (χ1) is 7.76. The van der Waals surface area contributed by atoms with Gasteiger partial charge < -0.3 is 15.7 Å². The van der Waals surface area contributed by atoms with Crippen LogP contribution in [0.25, 0.3) is 0 Å². The fourth-order valence-electron chi connectivity index (χ4n) is 0.883. The Hall–Kier alpha value is -1.12. The average Bonchev–Trinajstić information content (AvgIpc) is 2.19. The summed E-state index contributed by atoms with van der Waals surface area (Å²) in [4.78, 5) is 21.6. The normalized spacial score (nSPS) is 12.9. The molecule has 2 amide bonds. The highest BCUT2D eigenvalue weighted by Crippen LogP contribution is 2.12. The van der Waals surface area contributed by atoms with Gasteiger partial charge in [-0.2, -0.15) is 24.9 Å². The SMILES string of the molecule is CSCC[C@@H](NC(=O)NCC(F)(F)F)C(=O)O. The van der Waals surface area contributed by atoms with Gasteiger partial charge in [0.1, 0.15) is 12.6 Å². The first kappa shape index (κ1) is 15.9. The number of hydrogen-bond donors (Lipinski definition) is 3. The molecule has 0 spiro atoms. The van der Waals surface area contributed by atoms with Crippen molar-refractivity contribution in [1.29, 1.82) is 0 Å². The summed E-state index contributed by atoms with van der Waals surface area (Å²) in [5, 5.41) is 12.2. The number of halogens is 3. The van der Waals surface area contributed by atoms with Crippen molar-refractivity contribution in [3.05, 3.63) is 0 Å². The summed E-state index contributed by atoms with van der Waals surface area (Å²) >= 11 is 1.38. The van der Waals surface area contributed by atoms with E-state index in [0.29, 0.717) is 5.75 Å². The van der Waals surface area contributed by atoms with E-state index in [1.165, 1.54) is 17.1 Å². The molecule has 5 nitrogen and oxygen atoms in total. The second-order valence-electron chi connectivity index (χ2n) is 3.11. The molecule has 0 saturated heterocycles. The molecule has 0 bridgehead atoms. The van der Waals surface area contributed by atoms with E-state index in [2.05, 4.69) is 0 Å². The Labute approximate surface area is 100 Å². The number of amides is 2. The molecule has 0 unspecified atom stereocenters. The minimum absolute atomic E-state index is 0.149. The molecule has 0 aliphatic rings. The van der Waals surface area contributed by atoms with Crippen molar-refractivity contribution >= 4 is 23.8 Å². The van der Waals surface area contributed by atoms with E-state index >= 15 is 0 Å². The van der Waals surface area contributed by atoms with E-state index in [1.54, 1.807) is 6.26 Å². The van der Waals surface area contributed by atoms with Crippen LogP contribution in [0.2, 0.25) is 0 Å². The van der Waals surface area contributed by atoms with Crippen LogP contribution >= 0.6 is 11.8 Å². The van der Waals surface area contributed by atoms with Crippen LogP contribution in [0.3, 0.4) is 0 Å². The largest absolute Gasteiger partial charge is 0.480 e. The van der Waals surface area contributed by atoms with Crippen LogP contribution in [0.5, 0.6) is 0 Å². The van der Waals surface area contributed by atoms with Gasteiger partial charge in [-0.05, 0) is 18.4 Å². The second kappa shape index (κ2) is 7.25. The van der Waals surface area contributed by atoms with Crippen LogP contribution in [0.1, 0.15) is 6.42 Å². The van der Waals surface area contributed by atoms with E-state index in [1.807, 2.05) is 5.32 Å². The number of carbonyl (C=O) groups is 2. The molecule has 0 radical (unpaired) electrons. The van der Waals surface area contributed by atoms with Gasteiger partial charge in [-0.1, -0.05) is 0 Å². The molecule has 0 saturated carbocycles. The van der Waals surface area contributed by atoms with Crippen molar-refractivity contribution in [3.63, 3.8) is 0 Å². The summed E-state index contributed by atoms with van der Waals surface area (Å²) in [5.74, 6) is -0.794. The standard InChI is InChI=1S/C8H13F3N2O3S/c1-17-3-2-5(6(14)15)13-7(16)12-4-8(9,10)11/h5H,2-4H2,1H3,(H,14,15)(H2,12,13,16)/t5-/m1/s1. The van der Waals surface area contributed by atoms with E-state index < -0.39 is 30.8 Å². The summed E-state index contributed by atoms with van der Waals surface area (Å²) in [5.41, 5.74) is 0. The minimum Gasteiger partial charge on any atom is -0.480 e. The number of urea groups is 1. The third kappa shape index (κ3) is 8.66. The number of hydrogen-bond acceptors (Lipinski definition) is 3. The van der Waals surface area contributed by atoms with Crippen molar-refractivity contribution in [2.45, 2.75) is 18.6 Å². The molecule has 1 atom stereocenters. The van der Waals surface area contributed by atoms with Crippen molar-refractivity contribution < 1.29 is 27.9 Å². The van der Waals surface area contributed by atoms with Gasteiger partial charge in [-0.15, -0.1) is 0 Å². The van der Waals surface area contributed by atoms with E-state index in [9.17, 15) is 22.8 Å². The van der Waals surface area contributed by atoms with Gasteiger partial charge in [0.05, 0.1) is 0 Å². The van der Waals surface area contributed by atoms with Crippen molar-refractivity contribution in [2.75, 3.05) is 18.6 Å². The predicted molar refractivity (Wildman–Crippen MR) is 57.0 cm³/mol. The lowest BCUT2D eigenvalue weighted by Gasteiger charge is -2.15. The van der Waals surface area contributed by atoms with Crippen LogP contribution in [0.4, 0.5) is 18.0 Å². The van der Waals surface area contributed by atoms with Gasteiger partial charge in [0, 0.05) is 0 Å². The monoisotopic (exact) mass is 274 g/mol. The third-order valence-electron chi connectivity index (χ3n) is 1.66. The lowest BCUT2D eigenvalue weighted by molar-refractivity contribution is -0.139. The number of aliphatic carboxylic acids is 1. The summed E-state index contributed by atoms with van der Waals surface area (Å²) in [6.45, 7) is -1.49. The second-order valence-corrected chi connectivity index (χ2v) is 4.10. The molecule has 9 heteroatoms. The lowest BCUT2D eigenvalue weighted by Crippen LogP contribution is -2.48. The Bertz CT molecular complexity index is 273. The van der Waals surface area contributed by atoms with Crippen LogP contribution in [0, 0.1) is 0 Å². The van der Waals surface area contributed by atoms with Gasteiger partial charge in [-0.3, -0.25) is 0 Å². The van der Waals surface area contributed by atoms with Gasteiger partial charge in [0.2, 0.25) is 0 Å². The molecule has 0 aliphatic heterocycles. The Kier molecular flexibility index (Phi) is 6.78. The fraction of sp³-hybridized carbons (Fsp3) is 0.750. The Morgan fingerprint density at radius 3 is 2.41 bits per heavy atom. The number of nitrogens with one attached hydrogen (secondary N) is 2. The van der Waals surface area contributed by atoms with Crippen LogP contribution in [0.15, 0.2) is 0 Å². The zero-order chi connectivity index (χ0) is 13.5. The number of thioether (sulfide) groups is 1. The summed E-state index contributed by atoms with van der Waals surface area (Å²) < 4.78 is 35.3. The predicted octanol–water partition coefficient (Wildman–Crippen LogP) is 1.05. The molecular weight excluding hydrogens is 261 g/mol. The Balaban J connectivity index is 4.08. The minimum atomic E-state index is -4.52. The maximum Gasteiger partial charge on any atom is 0.405 e. The maximum absolute atomic E-state index is 11.8. The van der Waals surface area contributed by atoms with Crippen LogP contribution in [-0.4, -0.2) is 47.9 Å². The van der Waals surface area contributed by atoms with E-state index in [4.69, 9.17) is 5.11 Å². The Morgan fingerprint density at radius 1 is 1.41 bits per heavy atom. The molecule has 17 heavy (non-hydrogen) atoms. The lowest BCUT2D eigenvalue weighted by atomic mass is 10.2. The number of alkyl halides is 3. The van der Waals surface area contributed by atoms with Crippen LogP contribution < -0.4 is 10.6 Å². The van der Waals surface area contributed by atoms with Gasteiger partial charge in [0.25, 0.3) is 0 Å². The average molecular weight is 274 g/mol. The zero-order valence-electron chi connectivity index (χ0n) is 9.00. The van der Waals surface area contributed by atoms with Crippen molar-refractivity contribution in [1.82, 2.24) is 10.6 Å². The third-order valence-corrected chi connectivity index (χ3v) is 2.31. The molecule has 0 rings (SSSR count). The Morgan fingerprint density at radius 2 is 2.00 bits per heavy atom. The molecule has 3 N–H and O–H groups in total. The first-order valence-corrected chi connectivity index (χ1v) is 5.98. The smallest absolute Gasteiger partial charge is 0.405 e. The molecule has 0 aromatic rings. The zero-order valence-corrected chi connectivity index (χ0v) is 9.82. The maximum atomic E-state index is 11.8. The van der Waals surface area contributed by atoms with Crippen molar-refractivity contribution in [2.24, 2.45) is 0 Å². The molecule has 0 aliphatic carbocycles. The molecule has 0 heterocycles. The molecule has 0 aromatic heterocycles. The highest BCUT2D eigenvalue weighted by molar-refractivity contribution is 7.98. The summed E-state index contributed by atoms with van der Waals surface area (Å²) in [7, 11) is 0. The number of carboxylic acids is 1. The molecular formula is C8H13F3N2O3S. The topological polar surface area (TPSA) is 78.4 Å². The highest BCUT2D eigenvalue weighted by Gasteiger charge is 2.28. The highest BCUT2D eigenvalue weighted by atomic mass is 32.2. The van der Waals surface area contributed by atoms with E-state index in [0.717, 1.165) is 0 Å². The van der Waals surface area contributed by atoms with Crippen LogP contribution in [-0.2, 0) is 4.79 Å². The van der Waals surface area contributed by atoms with Gasteiger partial charge >= 0.3 is 18.2 Å². The fourth-order valence-corrected chi connectivity index (χ4v) is 1.35. The van der Waals surface area contributed by atoms with Crippen molar-refractivity contribution in [3.8, 4) is 0 Å². The van der Waals surface area contributed by atoms with Gasteiger partial charge in [-0.25, -0.2) is 9.59 Å². The number of carbonyl (C=O) groups excluding carboxylic acids is 1. The summed E-state index contributed by atoms with van der Waals surface area (Å²) in [6.07, 6.45) is -2.62.